The lowest BCUT2D eigenvalue weighted by Crippen LogP contribution is -2.48. The van der Waals surface area contributed by atoms with Gasteiger partial charge in [-0.1, -0.05) is 13.3 Å². The topological polar surface area (TPSA) is 78.4 Å². The van der Waals surface area contributed by atoms with Gasteiger partial charge < -0.3 is 15.7 Å². The first-order valence-electron chi connectivity index (χ1n) is 7.36. The van der Waals surface area contributed by atoms with Crippen LogP contribution in [0.2, 0.25) is 0 Å². The van der Waals surface area contributed by atoms with Crippen molar-refractivity contribution in [2.75, 3.05) is 0 Å². The fraction of sp³-hybridized carbons (Fsp3) is 0.857. The number of carboxylic acid groups (broad SMARTS) is 1. The van der Waals surface area contributed by atoms with E-state index in [2.05, 4.69) is 17.6 Å². The zero-order valence-corrected chi connectivity index (χ0v) is 11.5. The average Bonchev–Trinajstić information content (AvgIpc) is 2.75. The van der Waals surface area contributed by atoms with Gasteiger partial charge in [-0.3, -0.25) is 4.79 Å². The first-order chi connectivity index (χ1) is 9.06. The molecule has 0 spiro atoms. The van der Waals surface area contributed by atoms with Gasteiger partial charge >= 0.3 is 12.0 Å². The number of rotatable bonds is 3. The molecule has 2 saturated carbocycles. The number of hydrogen-bond acceptors (Lipinski definition) is 2. The van der Waals surface area contributed by atoms with Gasteiger partial charge in [0.05, 0.1) is 5.92 Å². The third-order valence-electron chi connectivity index (χ3n) is 4.59. The maximum atomic E-state index is 11.9. The van der Waals surface area contributed by atoms with Gasteiger partial charge in [0.15, 0.2) is 0 Å². The normalized spacial score (nSPS) is 34.8. The molecule has 2 amide bonds. The highest BCUT2D eigenvalue weighted by Gasteiger charge is 2.28. The molecular weight excluding hydrogens is 244 g/mol. The van der Waals surface area contributed by atoms with Crippen molar-refractivity contribution in [1.29, 1.82) is 0 Å². The van der Waals surface area contributed by atoms with E-state index in [9.17, 15) is 9.59 Å². The molecule has 0 aromatic rings. The SMILES string of the molecule is CC1CCCC1NC(=O)NC1CCC(C(=O)O)CC1. The van der Waals surface area contributed by atoms with Crippen LogP contribution in [-0.4, -0.2) is 29.2 Å². The molecule has 0 aliphatic heterocycles. The smallest absolute Gasteiger partial charge is 0.315 e. The van der Waals surface area contributed by atoms with Crippen LogP contribution in [0.4, 0.5) is 4.79 Å². The fourth-order valence-electron chi connectivity index (χ4n) is 3.24. The Hall–Kier alpha value is -1.26. The Morgan fingerprint density at radius 3 is 2.21 bits per heavy atom. The Morgan fingerprint density at radius 1 is 1.00 bits per heavy atom. The van der Waals surface area contributed by atoms with Gasteiger partial charge in [-0.2, -0.15) is 0 Å². The number of amides is 2. The molecular formula is C14H24N2O3. The molecule has 0 radical (unpaired) electrons. The molecule has 0 heterocycles. The largest absolute Gasteiger partial charge is 0.481 e. The molecule has 5 nitrogen and oxygen atoms in total. The third-order valence-corrected chi connectivity index (χ3v) is 4.59. The van der Waals surface area contributed by atoms with Crippen molar-refractivity contribution in [2.45, 2.75) is 64.0 Å². The second-order valence-electron chi connectivity index (χ2n) is 6.02. The lowest BCUT2D eigenvalue weighted by Gasteiger charge is -2.28. The van der Waals surface area contributed by atoms with Crippen LogP contribution in [-0.2, 0) is 4.79 Å². The van der Waals surface area contributed by atoms with E-state index < -0.39 is 5.97 Å². The van der Waals surface area contributed by atoms with Gasteiger partial charge in [0.1, 0.15) is 0 Å². The number of carboxylic acids is 1. The van der Waals surface area contributed by atoms with Crippen molar-refractivity contribution in [1.82, 2.24) is 10.6 Å². The summed E-state index contributed by atoms with van der Waals surface area (Å²) in [7, 11) is 0. The Morgan fingerprint density at radius 2 is 1.68 bits per heavy atom. The van der Waals surface area contributed by atoms with Crippen LogP contribution in [0, 0.1) is 11.8 Å². The van der Waals surface area contributed by atoms with Crippen LogP contribution in [0.15, 0.2) is 0 Å². The Labute approximate surface area is 114 Å². The van der Waals surface area contributed by atoms with Gasteiger partial charge in [0.2, 0.25) is 0 Å². The Bertz CT molecular complexity index is 338. The standard InChI is InChI=1S/C14H24N2O3/c1-9-3-2-4-12(9)16-14(19)15-11-7-5-10(6-8-11)13(17)18/h9-12H,2-8H2,1H3,(H,17,18)(H2,15,16,19). The van der Waals surface area contributed by atoms with Gasteiger partial charge in [-0.05, 0) is 44.4 Å². The molecule has 2 atom stereocenters. The zero-order chi connectivity index (χ0) is 13.8. The molecule has 3 N–H and O–H groups in total. The van der Waals surface area contributed by atoms with Crippen molar-refractivity contribution in [3.63, 3.8) is 0 Å². The summed E-state index contributed by atoms with van der Waals surface area (Å²) in [6, 6.07) is 0.347. The molecule has 0 bridgehead atoms. The minimum atomic E-state index is -0.706. The van der Waals surface area contributed by atoms with Crippen molar-refractivity contribution < 1.29 is 14.7 Å². The summed E-state index contributed by atoms with van der Waals surface area (Å²) in [5.74, 6) is -0.368. The second kappa shape index (κ2) is 6.26. The molecule has 2 unspecified atom stereocenters. The summed E-state index contributed by atoms with van der Waals surface area (Å²) in [6.07, 6.45) is 6.32. The van der Waals surface area contributed by atoms with Gasteiger partial charge in [-0.15, -0.1) is 0 Å². The van der Waals surface area contributed by atoms with Crippen LogP contribution in [0.3, 0.4) is 0 Å². The van der Waals surface area contributed by atoms with Crippen LogP contribution in [0.25, 0.3) is 0 Å². The number of hydrogen-bond donors (Lipinski definition) is 3. The molecule has 2 aliphatic carbocycles. The highest BCUT2D eigenvalue weighted by atomic mass is 16.4. The van der Waals surface area contributed by atoms with Crippen LogP contribution in [0.1, 0.15) is 51.9 Å². The summed E-state index contributed by atoms with van der Waals surface area (Å²) in [6.45, 7) is 2.18. The van der Waals surface area contributed by atoms with Crippen molar-refractivity contribution >= 4 is 12.0 Å². The summed E-state index contributed by atoms with van der Waals surface area (Å²) in [4.78, 5) is 22.7. The fourth-order valence-corrected chi connectivity index (χ4v) is 3.24. The van der Waals surface area contributed by atoms with Crippen LogP contribution >= 0.6 is 0 Å². The summed E-state index contributed by atoms with van der Waals surface area (Å²) in [5, 5.41) is 15.0. The van der Waals surface area contributed by atoms with Crippen LogP contribution < -0.4 is 10.6 Å². The molecule has 2 fully saturated rings. The van der Waals surface area contributed by atoms with Crippen molar-refractivity contribution in [2.24, 2.45) is 11.8 Å². The molecule has 5 heteroatoms. The molecule has 0 saturated heterocycles. The van der Waals surface area contributed by atoms with Gasteiger partial charge in [-0.25, -0.2) is 4.79 Å². The van der Waals surface area contributed by atoms with E-state index in [-0.39, 0.29) is 18.0 Å². The first-order valence-corrected chi connectivity index (χ1v) is 7.36. The zero-order valence-electron chi connectivity index (χ0n) is 11.5. The first kappa shape index (κ1) is 14.2. The second-order valence-corrected chi connectivity index (χ2v) is 6.02. The lowest BCUT2D eigenvalue weighted by atomic mass is 9.86. The molecule has 0 aromatic carbocycles. The maximum Gasteiger partial charge on any atom is 0.315 e. The summed E-state index contributed by atoms with van der Waals surface area (Å²) in [5.41, 5.74) is 0. The van der Waals surface area contributed by atoms with Crippen molar-refractivity contribution in [3.05, 3.63) is 0 Å². The van der Waals surface area contributed by atoms with E-state index in [1.807, 2.05) is 0 Å². The van der Waals surface area contributed by atoms with E-state index >= 15 is 0 Å². The predicted molar refractivity (Wildman–Crippen MR) is 71.9 cm³/mol. The van der Waals surface area contributed by atoms with E-state index in [0.717, 1.165) is 19.3 Å². The number of urea groups is 1. The minimum absolute atomic E-state index is 0.0856. The third kappa shape index (κ3) is 3.85. The molecule has 2 aliphatic rings. The number of aliphatic carboxylic acids is 1. The van der Waals surface area contributed by atoms with Crippen LogP contribution in [0.5, 0.6) is 0 Å². The Balaban J connectivity index is 1.70. The molecule has 0 aromatic heterocycles. The van der Waals surface area contributed by atoms with E-state index in [4.69, 9.17) is 5.11 Å². The lowest BCUT2D eigenvalue weighted by molar-refractivity contribution is -0.142. The number of carbonyl (C=O) groups excluding carboxylic acids is 1. The Kier molecular flexibility index (Phi) is 4.66. The van der Waals surface area contributed by atoms with Gasteiger partial charge in [0, 0.05) is 12.1 Å². The average molecular weight is 268 g/mol. The maximum absolute atomic E-state index is 11.9. The van der Waals surface area contributed by atoms with E-state index in [0.29, 0.717) is 24.8 Å². The monoisotopic (exact) mass is 268 g/mol. The minimum Gasteiger partial charge on any atom is -0.481 e. The predicted octanol–water partition coefficient (Wildman–Crippen LogP) is 2.12. The molecule has 108 valence electrons. The quantitative estimate of drug-likeness (QED) is 0.733. The number of carbonyl (C=O) groups is 2. The molecule has 2 rings (SSSR count). The van der Waals surface area contributed by atoms with Gasteiger partial charge in [0.25, 0.3) is 0 Å². The van der Waals surface area contributed by atoms with E-state index in [1.165, 1.54) is 12.8 Å². The highest BCUT2D eigenvalue weighted by Crippen LogP contribution is 2.26. The highest BCUT2D eigenvalue weighted by molar-refractivity contribution is 5.74. The van der Waals surface area contributed by atoms with E-state index in [1.54, 1.807) is 0 Å². The summed E-state index contributed by atoms with van der Waals surface area (Å²) >= 11 is 0. The summed E-state index contributed by atoms with van der Waals surface area (Å²) < 4.78 is 0. The molecule has 19 heavy (non-hydrogen) atoms. The van der Waals surface area contributed by atoms with Crippen molar-refractivity contribution in [3.8, 4) is 0 Å². The number of nitrogens with one attached hydrogen (secondary N) is 2.